The highest BCUT2D eigenvalue weighted by atomic mass is 16.3. The van der Waals surface area contributed by atoms with Gasteiger partial charge in [-0.3, -0.25) is 14.6 Å². The number of aromatic nitrogens is 1. The Morgan fingerprint density at radius 3 is 2.43 bits per heavy atom. The van der Waals surface area contributed by atoms with Crippen molar-refractivity contribution in [3.63, 3.8) is 0 Å². The van der Waals surface area contributed by atoms with E-state index in [4.69, 9.17) is 0 Å². The van der Waals surface area contributed by atoms with Gasteiger partial charge in [-0.25, -0.2) is 0 Å². The van der Waals surface area contributed by atoms with E-state index >= 15 is 0 Å². The van der Waals surface area contributed by atoms with Crippen molar-refractivity contribution in [1.82, 2.24) is 15.2 Å². The predicted molar refractivity (Wildman–Crippen MR) is 85.5 cm³/mol. The highest BCUT2D eigenvalue weighted by molar-refractivity contribution is 5.97. The molecule has 6 nitrogen and oxygen atoms in total. The van der Waals surface area contributed by atoms with Crippen molar-refractivity contribution in [2.75, 3.05) is 13.7 Å². The van der Waals surface area contributed by atoms with Crippen LogP contribution in [0.25, 0.3) is 0 Å². The Kier molecular flexibility index (Phi) is 5.82. The molecule has 2 amide bonds. The van der Waals surface area contributed by atoms with Crippen molar-refractivity contribution in [2.45, 2.75) is 12.6 Å². The van der Waals surface area contributed by atoms with Crippen molar-refractivity contribution in [1.29, 1.82) is 0 Å². The number of aliphatic hydroxyl groups excluding tert-OH is 1. The van der Waals surface area contributed by atoms with Gasteiger partial charge in [0.05, 0.1) is 6.61 Å². The molecule has 0 bridgehead atoms. The number of pyridine rings is 1. The van der Waals surface area contributed by atoms with Gasteiger partial charge in [-0.05, 0) is 17.7 Å². The minimum Gasteiger partial charge on any atom is -0.394 e. The summed E-state index contributed by atoms with van der Waals surface area (Å²) in [5.74, 6) is -0.772. The summed E-state index contributed by atoms with van der Waals surface area (Å²) in [5, 5.41) is 12.0. The monoisotopic (exact) mass is 313 g/mol. The fourth-order valence-corrected chi connectivity index (χ4v) is 2.13. The third kappa shape index (κ3) is 4.62. The van der Waals surface area contributed by atoms with Gasteiger partial charge in [0, 0.05) is 31.5 Å². The maximum atomic E-state index is 12.4. The van der Waals surface area contributed by atoms with Gasteiger partial charge < -0.3 is 15.3 Å². The van der Waals surface area contributed by atoms with Crippen molar-refractivity contribution in [3.05, 3.63) is 66.0 Å². The summed E-state index contributed by atoms with van der Waals surface area (Å²) >= 11 is 0. The van der Waals surface area contributed by atoms with E-state index in [9.17, 15) is 14.7 Å². The molecule has 1 aromatic carbocycles. The molecule has 0 aliphatic carbocycles. The molecule has 0 saturated heterocycles. The van der Waals surface area contributed by atoms with Crippen LogP contribution in [0.4, 0.5) is 0 Å². The van der Waals surface area contributed by atoms with Crippen LogP contribution in [-0.2, 0) is 11.3 Å². The van der Waals surface area contributed by atoms with E-state index in [1.807, 2.05) is 30.3 Å². The Labute approximate surface area is 134 Å². The zero-order valence-corrected chi connectivity index (χ0v) is 12.8. The highest BCUT2D eigenvalue weighted by Crippen LogP contribution is 2.05. The Hall–Kier alpha value is -2.73. The van der Waals surface area contributed by atoms with Gasteiger partial charge in [-0.2, -0.15) is 0 Å². The lowest BCUT2D eigenvalue weighted by Gasteiger charge is -2.23. The van der Waals surface area contributed by atoms with Crippen molar-refractivity contribution in [3.8, 4) is 0 Å². The first-order valence-electron chi connectivity index (χ1n) is 7.22. The average molecular weight is 313 g/mol. The summed E-state index contributed by atoms with van der Waals surface area (Å²) in [6, 6.07) is 11.6. The maximum Gasteiger partial charge on any atom is 0.252 e. The van der Waals surface area contributed by atoms with Gasteiger partial charge >= 0.3 is 0 Å². The van der Waals surface area contributed by atoms with Crippen LogP contribution in [0.2, 0.25) is 0 Å². The van der Waals surface area contributed by atoms with Gasteiger partial charge in [0.25, 0.3) is 5.91 Å². The number of hydrogen-bond acceptors (Lipinski definition) is 4. The number of carbonyl (C=O) groups excluding carboxylic acids is 2. The second kappa shape index (κ2) is 8.05. The Morgan fingerprint density at radius 2 is 1.83 bits per heavy atom. The van der Waals surface area contributed by atoms with E-state index in [1.54, 1.807) is 19.2 Å². The first-order chi connectivity index (χ1) is 11.1. The molecule has 120 valence electrons. The lowest BCUT2D eigenvalue weighted by Crippen LogP contribution is -2.49. The Morgan fingerprint density at radius 1 is 1.17 bits per heavy atom. The predicted octanol–water partition coefficient (Wildman–Crippen LogP) is 0.831. The van der Waals surface area contributed by atoms with E-state index in [0.717, 1.165) is 5.56 Å². The first kappa shape index (κ1) is 16.6. The number of amides is 2. The molecular formula is C17H19N3O3. The molecule has 2 N–H and O–H groups in total. The number of rotatable bonds is 6. The summed E-state index contributed by atoms with van der Waals surface area (Å²) in [4.78, 5) is 29.8. The molecule has 2 rings (SSSR count). The van der Waals surface area contributed by atoms with Crippen molar-refractivity contribution >= 4 is 11.8 Å². The lowest BCUT2D eigenvalue weighted by atomic mass is 10.2. The van der Waals surface area contributed by atoms with Crippen LogP contribution in [-0.4, -0.2) is 46.5 Å². The number of nitrogens with one attached hydrogen (secondary N) is 1. The summed E-state index contributed by atoms with van der Waals surface area (Å²) in [6.45, 7) is -0.0594. The number of hydrogen-bond donors (Lipinski definition) is 2. The summed E-state index contributed by atoms with van der Waals surface area (Å²) in [5.41, 5.74) is 1.36. The molecule has 0 aliphatic heterocycles. The van der Waals surface area contributed by atoms with Crippen LogP contribution < -0.4 is 5.32 Å². The smallest absolute Gasteiger partial charge is 0.252 e. The molecule has 6 heteroatoms. The maximum absolute atomic E-state index is 12.4. The van der Waals surface area contributed by atoms with Crippen LogP contribution in [0.3, 0.4) is 0 Å². The molecule has 0 spiro atoms. The molecule has 1 heterocycles. The Bertz CT molecular complexity index is 647. The molecule has 0 aliphatic rings. The van der Waals surface area contributed by atoms with Crippen molar-refractivity contribution < 1.29 is 14.7 Å². The van der Waals surface area contributed by atoms with E-state index in [1.165, 1.54) is 17.3 Å². The molecule has 0 saturated carbocycles. The van der Waals surface area contributed by atoms with Crippen LogP contribution in [0, 0.1) is 0 Å². The summed E-state index contributed by atoms with van der Waals surface area (Å²) < 4.78 is 0. The second-order valence-corrected chi connectivity index (χ2v) is 5.12. The van der Waals surface area contributed by atoms with E-state index in [0.29, 0.717) is 12.1 Å². The summed E-state index contributed by atoms with van der Waals surface area (Å²) in [6.07, 6.45) is 2.98. The molecule has 0 radical (unpaired) electrons. The minimum absolute atomic E-state index is 0.348. The highest BCUT2D eigenvalue weighted by Gasteiger charge is 2.23. The van der Waals surface area contributed by atoms with Crippen LogP contribution in [0.5, 0.6) is 0 Å². The largest absolute Gasteiger partial charge is 0.394 e. The fraction of sp³-hybridized carbons (Fsp3) is 0.235. The fourth-order valence-electron chi connectivity index (χ4n) is 2.13. The van der Waals surface area contributed by atoms with Crippen LogP contribution in [0.1, 0.15) is 15.9 Å². The van der Waals surface area contributed by atoms with Gasteiger partial charge in [-0.15, -0.1) is 0 Å². The number of carbonyl (C=O) groups is 2. The number of likely N-dealkylation sites (N-methyl/N-ethyl adjacent to an activating group) is 1. The van der Waals surface area contributed by atoms with Crippen molar-refractivity contribution in [2.24, 2.45) is 0 Å². The summed E-state index contributed by atoms with van der Waals surface area (Å²) in [7, 11) is 1.64. The van der Waals surface area contributed by atoms with E-state index < -0.39 is 18.6 Å². The third-order valence-electron chi connectivity index (χ3n) is 3.37. The van der Waals surface area contributed by atoms with Gasteiger partial charge in [-0.1, -0.05) is 30.3 Å². The first-order valence-corrected chi connectivity index (χ1v) is 7.22. The molecule has 23 heavy (non-hydrogen) atoms. The number of benzene rings is 1. The molecule has 1 atom stereocenters. The second-order valence-electron chi connectivity index (χ2n) is 5.12. The normalized spacial score (nSPS) is 11.6. The van der Waals surface area contributed by atoms with Crippen LogP contribution >= 0.6 is 0 Å². The molecule has 0 fully saturated rings. The molecule has 0 unspecified atom stereocenters. The quantitative estimate of drug-likeness (QED) is 0.827. The van der Waals surface area contributed by atoms with Crippen LogP contribution in [0.15, 0.2) is 54.9 Å². The number of nitrogens with zero attached hydrogens (tertiary/aromatic N) is 2. The lowest BCUT2D eigenvalue weighted by molar-refractivity contribution is -0.133. The van der Waals surface area contributed by atoms with Gasteiger partial charge in [0.15, 0.2) is 0 Å². The zero-order chi connectivity index (χ0) is 16.7. The standard InChI is InChI=1S/C17H19N3O3/c1-20(11-13-5-3-2-4-6-13)17(23)15(12-21)19-16(22)14-7-9-18-10-8-14/h2-10,15,21H,11-12H2,1H3,(H,19,22)/t15-/m0/s1. The zero-order valence-electron chi connectivity index (χ0n) is 12.8. The SMILES string of the molecule is CN(Cc1ccccc1)C(=O)[C@H](CO)NC(=O)c1ccncc1. The Balaban J connectivity index is 1.99. The van der Waals surface area contributed by atoms with Gasteiger partial charge in [0.1, 0.15) is 6.04 Å². The van der Waals surface area contributed by atoms with E-state index in [-0.39, 0.29) is 5.91 Å². The molecule has 2 aromatic rings. The third-order valence-corrected chi connectivity index (χ3v) is 3.37. The minimum atomic E-state index is -0.982. The average Bonchev–Trinajstić information content (AvgIpc) is 2.60. The van der Waals surface area contributed by atoms with E-state index in [2.05, 4.69) is 10.3 Å². The topological polar surface area (TPSA) is 82.5 Å². The number of aliphatic hydroxyl groups is 1. The molecular weight excluding hydrogens is 294 g/mol. The molecule has 1 aromatic heterocycles. The van der Waals surface area contributed by atoms with Gasteiger partial charge in [0.2, 0.25) is 5.91 Å².